The molecule has 1 aliphatic rings. The van der Waals surface area contributed by atoms with Gasteiger partial charge in [0.25, 0.3) is 0 Å². The first-order valence-electron chi connectivity index (χ1n) is 7.83. The molecule has 0 saturated carbocycles. The van der Waals surface area contributed by atoms with Gasteiger partial charge >= 0.3 is 5.97 Å². The number of hydrogen-bond donors (Lipinski definition) is 1. The van der Waals surface area contributed by atoms with Gasteiger partial charge in [-0.05, 0) is 30.9 Å². The molecule has 25 heavy (non-hydrogen) atoms. The molecule has 1 aliphatic heterocycles. The topological polar surface area (TPSA) is 78.3 Å². The number of hydrogen-bond acceptors (Lipinski definition) is 7. The van der Waals surface area contributed by atoms with Gasteiger partial charge in [-0.15, -0.1) is 11.8 Å². The molecule has 2 heterocycles. The Bertz CT molecular complexity index is 785. The summed E-state index contributed by atoms with van der Waals surface area (Å²) in [6.45, 7) is 2.40. The van der Waals surface area contributed by atoms with Crippen LogP contribution < -0.4 is 5.32 Å². The monoisotopic (exact) mass is 360 g/mol. The van der Waals surface area contributed by atoms with Crippen LogP contribution >= 0.6 is 11.8 Å². The SMILES string of the molecule is COCCOC(=O)C1=C(C)Nc2ncnn2C1c1ccc(SC)cc1. The van der Waals surface area contributed by atoms with Crippen LogP contribution in [0, 0.1) is 0 Å². The van der Waals surface area contributed by atoms with Gasteiger partial charge in [0.2, 0.25) is 5.95 Å². The Morgan fingerprint density at radius 2 is 2.08 bits per heavy atom. The van der Waals surface area contributed by atoms with Crippen molar-refractivity contribution in [3.63, 3.8) is 0 Å². The van der Waals surface area contributed by atoms with E-state index in [1.54, 1.807) is 23.6 Å². The quantitative estimate of drug-likeness (QED) is 0.482. The van der Waals surface area contributed by atoms with E-state index in [0.29, 0.717) is 23.8 Å². The first-order valence-corrected chi connectivity index (χ1v) is 9.05. The number of allylic oxidation sites excluding steroid dienone is 1. The van der Waals surface area contributed by atoms with E-state index in [4.69, 9.17) is 9.47 Å². The van der Waals surface area contributed by atoms with E-state index >= 15 is 0 Å². The fourth-order valence-corrected chi connectivity index (χ4v) is 3.15. The predicted molar refractivity (Wildman–Crippen MR) is 95.5 cm³/mol. The number of methoxy groups -OCH3 is 1. The maximum atomic E-state index is 12.7. The Morgan fingerprint density at radius 1 is 1.32 bits per heavy atom. The summed E-state index contributed by atoms with van der Waals surface area (Å²) in [5, 5.41) is 7.41. The third kappa shape index (κ3) is 3.54. The second kappa shape index (κ2) is 7.71. The molecular formula is C17H20N4O3S. The van der Waals surface area contributed by atoms with Crippen LogP contribution in [0.5, 0.6) is 0 Å². The number of fused-ring (bicyclic) bond motifs is 1. The van der Waals surface area contributed by atoms with Crippen LogP contribution in [0.3, 0.4) is 0 Å². The number of thioether (sulfide) groups is 1. The highest BCUT2D eigenvalue weighted by atomic mass is 32.2. The Morgan fingerprint density at radius 3 is 2.76 bits per heavy atom. The van der Waals surface area contributed by atoms with Gasteiger partial charge in [-0.1, -0.05) is 12.1 Å². The van der Waals surface area contributed by atoms with Crippen LogP contribution in [-0.2, 0) is 14.3 Å². The van der Waals surface area contributed by atoms with Crippen molar-refractivity contribution in [1.82, 2.24) is 14.8 Å². The summed E-state index contributed by atoms with van der Waals surface area (Å²) in [4.78, 5) is 18.1. The van der Waals surface area contributed by atoms with E-state index in [1.165, 1.54) is 6.33 Å². The molecule has 3 rings (SSSR count). The number of carbonyl (C=O) groups excluding carboxylic acids is 1. The minimum atomic E-state index is -0.387. The Labute approximate surface area is 150 Å². The lowest BCUT2D eigenvalue weighted by atomic mass is 9.96. The van der Waals surface area contributed by atoms with Crippen molar-refractivity contribution < 1.29 is 14.3 Å². The highest BCUT2D eigenvalue weighted by molar-refractivity contribution is 7.98. The fourth-order valence-electron chi connectivity index (χ4n) is 2.75. The van der Waals surface area contributed by atoms with Gasteiger partial charge in [-0.2, -0.15) is 10.1 Å². The number of ether oxygens (including phenoxy) is 2. The number of anilines is 1. The number of benzene rings is 1. The number of nitrogens with zero attached hydrogens (tertiary/aromatic N) is 3. The molecule has 2 aromatic rings. The van der Waals surface area contributed by atoms with E-state index in [2.05, 4.69) is 15.4 Å². The molecule has 0 saturated heterocycles. The lowest BCUT2D eigenvalue weighted by molar-refractivity contribution is -0.140. The predicted octanol–water partition coefficient (Wildman–Crippen LogP) is 2.48. The van der Waals surface area contributed by atoms with Gasteiger partial charge in [-0.3, -0.25) is 0 Å². The summed E-state index contributed by atoms with van der Waals surface area (Å²) in [5.74, 6) is 0.215. The molecule has 1 aromatic carbocycles. The van der Waals surface area contributed by atoms with Crippen molar-refractivity contribution in [3.8, 4) is 0 Å². The molecule has 0 radical (unpaired) electrons. The Hall–Kier alpha value is -2.32. The molecule has 1 N–H and O–H groups in total. The smallest absolute Gasteiger partial charge is 0.338 e. The first kappa shape index (κ1) is 17.5. The number of rotatable bonds is 6. The van der Waals surface area contributed by atoms with Crippen molar-refractivity contribution in [1.29, 1.82) is 0 Å². The molecule has 0 aliphatic carbocycles. The van der Waals surface area contributed by atoms with Crippen LogP contribution in [0.15, 0.2) is 46.8 Å². The van der Waals surface area contributed by atoms with E-state index in [0.717, 1.165) is 10.5 Å². The minimum Gasteiger partial charge on any atom is -0.460 e. The van der Waals surface area contributed by atoms with Gasteiger partial charge < -0.3 is 14.8 Å². The zero-order valence-electron chi connectivity index (χ0n) is 14.4. The molecule has 1 atom stereocenters. The van der Waals surface area contributed by atoms with Gasteiger partial charge in [0.1, 0.15) is 19.0 Å². The third-order valence-corrected chi connectivity index (χ3v) is 4.71. The average molecular weight is 360 g/mol. The zero-order chi connectivity index (χ0) is 17.8. The van der Waals surface area contributed by atoms with Crippen LogP contribution in [0.1, 0.15) is 18.5 Å². The molecule has 1 aromatic heterocycles. The maximum absolute atomic E-state index is 12.7. The fraction of sp³-hybridized carbons (Fsp3) is 0.353. The van der Waals surface area contributed by atoms with Gasteiger partial charge in [0.05, 0.1) is 12.2 Å². The van der Waals surface area contributed by atoms with Crippen molar-refractivity contribution in [2.24, 2.45) is 0 Å². The molecule has 0 fully saturated rings. The summed E-state index contributed by atoms with van der Waals surface area (Å²) >= 11 is 1.67. The summed E-state index contributed by atoms with van der Waals surface area (Å²) in [7, 11) is 1.57. The molecular weight excluding hydrogens is 340 g/mol. The number of nitrogens with one attached hydrogen (secondary N) is 1. The highest BCUT2D eigenvalue weighted by Gasteiger charge is 2.34. The summed E-state index contributed by atoms with van der Waals surface area (Å²) in [5.41, 5.74) is 2.18. The van der Waals surface area contributed by atoms with Gasteiger partial charge in [0.15, 0.2) is 0 Å². The largest absolute Gasteiger partial charge is 0.460 e. The number of esters is 1. The second-order valence-corrected chi connectivity index (χ2v) is 6.38. The van der Waals surface area contributed by atoms with E-state index < -0.39 is 0 Å². The first-order chi connectivity index (χ1) is 12.2. The summed E-state index contributed by atoms with van der Waals surface area (Å²) < 4.78 is 12.0. The third-order valence-electron chi connectivity index (χ3n) is 3.97. The standard InChI is InChI=1S/C17H20N4O3S/c1-11-14(16(22)24-9-8-23-2)15(21-17(20-11)18-10-19-21)12-4-6-13(25-3)7-5-12/h4-7,10,15H,8-9H2,1-3H3,(H,18,19,20). The van der Waals surface area contributed by atoms with Crippen LogP contribution in [-0.4, -0.2) is 47.3 Å². The molecule has 0 bridgehead atoms. The van der Waals surface area contributed by atoms with Crippen molar-refractivity contribution in [2.45, 2.75) is 17.9 Å². The average Bonchev–Trinajstić information content (AvgIpc) is 3.08. The minimum absolute atomic E-state index is 0.203. The molecule has 7 nitrogen and oxygen atoms in total. The van der Waals surface area contributed by atoms with Gasteiger partial charge in [0, 0.05) is 17.7 Å². The normalized spacial score (nSPS) is 16.4. The zero-order valence-corrected chi connectivity index (χ0v) is 15.2. The van der Waals surface area contributed by atoms with E-state index in [-0.39, 0.29) is 18.6 Å². The summed E-state index contributed by atoms with van der Waals surface area (Å²) in [6, 6.07) is 7.68. The van der Waals surface area contributed by atoms with Crippen LogP contribution in [0.4, 0.5) is 5.95 Å². The second-order valence-electron chi connectivity index (χ2n) is 5.50. The van der Waals surface area contributed by atoms with E-state index in [9.17, 15) is 4.79 Å². The van der Waals surface area contributed by atoms with Crippen molar-refractivity contribution in [2.75, 3.05) is 31.9 Å². The van der Waals surface area contributed by atoms with Gasteiger partial charge in [-0.25, -0.2) is 9.48 Å². The molecule has 132 valence electrons. The number of carbonyl (C=O) groups is 1. The lowest BCUT2D eigenvalue weighted by Crippen LogP contribution is -2.30. The molecule has 8 heteroatoms. The van der Waals surface area contributed by atoms with E-state index in [1.807, 2.05) is 37.4 Å². The Kier molecular flexibility index (Phi) is 5.40. The maximum Gasteiger partial charge on any atom is 0.338 e. The molecule has 0 amide bonds. The Balaban J connectivity index is 1.99. The lowest BCUT2D eigenvalue weighted by Gasteiger charge is -2.28. The van der Waals surface area contributed by atoms with Crippen LogP contribution in [0.25, 0.3) is 0 Å². The molecule has 0 spiro atoms. The molecule has 1 unspecified atom stereocenters. The number of aromatic nitrogens is 3. The van der Waals surface area contributed by atoms with Crippen LogP contribution in [0.2, 0.25) is 0 Å². The van der Waals surface area contributed by atoms with Crippen molar-refractivity contribution in [3.05, 3.63) is 47.4 Å². The van der Waals surface area contributed by atoms with Crippen molar-refractivity contribution >= 4 is 23.7 Å². The highest BCUT2D eigenvalue weighted by Crippen LogP contribution is 2.35. The summed E-state index contributed by atoms with van der Waals surface area (Å²) in [6.07, 6.45) is 3.50.